The molecule has 0 aliphatic heterocycles. The fraction of sp³-hybridized carbons (Fsp3) is 0.360. The normalized spacial score (nSPS) is 18.6. The Morgan fingerprint density at radius 3 is 2.47 bits per heavy atom. The number of carboxylic acids is 1. The average Bonchev–Trinajstić information content (AvgIpc) is 3.26. The number of halogens is 1. The summed E-state index contributed by atoms with van der Waals surface area (Å²) in [5.74, 6) is -0.838. The van der Waals surface area contributed by atoms with Gasteiger partial charge >= 0.3 is 5.97 Å². The van der Waals surface area contributed by atoms with Crippen molar-refractivity contribution in [2.45, 2.75) is 58.0 Å². The molecular formula is C25H26FNO5. The van der Waals surface area contributed by atoms with Crippen LogP contribution in [0.25, 0.3) is 11.5 Å². The van der Waals surface area contributed by atoms with Gasteiger partial charge in [0.15, 0.2) is 0 Å². The van der Waals surface area contributed by atoms with Gasteiger partial charge in [0, 0.05) is 5.56 Å². The summed E-state index contributed by atoms with van der Waals surface area (Å²) in [5.41, 5.74) is 3.04. The van der Waals surface area contributed by atoms with E-state index in [0.717, 1.165) is 31.2 Å². The highest BCUT2D eigenvalue weighted by Crippen LogP contribution is 2.27. The lowest BCUT2D eigenvalue weighted by atomic mass is 9.94. The molecule has 1 heterocycles. The van der Waals surface area contributed by atoms with E-state index in [1.54, 1.807) is 37.5 Å². The molecule has 1 saturated carbocycles. The van der Waals surface area contributed by atoms with Gasteiger partial charge in [-0.05, 0) is 55.2 Å². The summed E-state index contributed by atoms with van der Waals surface area (Å²) in [7, 11) is 0. The van der Waals surface area contributed by atoms with Crippen LogP contribution in [0.2, 0.25) is 0 Å². The molecule has 6 nitrogen and oxygen atoms in total. The van der Waals surface area contributed by atoms with Gasteiger partial charge in [-0.1, -0.05) is 31.0 Å². The van der Waals surface area contributed by atoms with Crippen molar-refractivity contribution in [3.05, 3.63) is 76.9 Å². The number of benzene rings is 2. The molecule has 1 aliphatic carbocycles. The van der Waals surface area contributed by atoms with E-state index in [1.807, 2.05) is 6.07 Å². The summed E-state index contributed by atoms with van der Waals surface area (Å²) < 4.78 is 30.9. The van der Waals surface area contributed by atoms with Crippen molar-refractivity contribution in [3.63, 3.8) is 0 Å². The molecule has 0 bridgehead atoms. The van der Waals surface area contributed by atoms with Crippen molar-refractivity contribution in [3.8, 4) is 11.5 Å². The number of hydrogen-bond acceptors (Lipinski definition) is 5. The third kappa shape index (κ3) is 5.23. The first-order chi connectivity index (χ1) is 15.5. The van der Waals surface area contributed by atoms with E-state index in [4.69, 9.17) is 13.9 Å². The molecule has 2 unspecified atom stereocenters. The van der Waals surface area contributed by atoms with Gasteiger partial charge in [-0.3, -0.25) is 0 Å². The zero-order valence-corrected chi connectivity index (χ0v) is 17.9. The molecule has 2 aromatic carbocycles. The number of carboxylic acid groups (broad SMARTS) is 1. The van der Waals surface area contributed by atoms with Crippen LogP contribution in [0.3, 0.4) is 0 Å². The third-order valence-corrected chi connectivity index (χ3v) is 5.76. The maximum Gasteiger partial charge on any atom is 0.336 e. The highest BCUT2D eigenvalue weighted by molar-refractivity contribution is 5.91. The zero-order chi connectivity index (χ0) is 22.5. The third-order valence-electron chi connectivity index (χ3n) is 5.76. The Morgan fingerprint density at radius 1 is 1.09 bits per heavy atom. The second kappa shape index (κ2) is 10.1. The molecule has 0 spiro atoms. The van der Waals surface area contributed by atoms with Crippen LogP contribution in [0.1, 0.15) is 52.9 Å². The van der Waals surface area contributed by atoms with Crippen LogP contribution in [0.5, 0.6) is 0 Å². The summed E-state index contributed by atoms with van der Waals surface area (Å²) in [6.07, 6.45) is 5.15. The Morgan fingerprint density at radius 2 is 1.78 bits per heavy atom. The highest BCUT2D eigenvalue weighted by atomic mass is 19.1. The van der Waals surface area contributed by atoms with Gasteiger partial charge in [0.1, 0.15) is 17.8 Å². The lowest BCUT2D eigenvalue weighted by Crippen LogP contribution is -2.34. The lowest BCUT2D eigenvalue weighted by molar-refractivity contribution is -0.104. The van der Waals surface area contributed by atoms with Crippen molar-refractivity contribution < 1.29 is 28.2 Å². The van der Waals surface area contributed by atoms with E-state index >= 15 is 0 Å². The van der Waals surface area contributed by atoms with Gasteiger partial charge in [0.05, 0.1) is 31.0 Å². The molecule has 7 heteroatoms. The quantitative estimate of drug-likeness (QED) is 0.497. The second-order valence-corrected chi connectivity index (χ2v) is 8.05. The fourth-order valence-corrected chi connectivity index (χ4v) is 4.09. The number of oxazole rings is 1. The van der Waals surface area contributed by atoms with Crippen LogP contribution in [0.15, 0.2) is 53.1 Å². The van der Waals surface area contributed by atoms with Crippen molar-refractivity contribution in [1.29, 1.82) is 0 Å². The van der Waals surface area contributed by atoms with Gasteiger partial charge in [-0.2, -0.15) is 0 Å². The van der Waals surface area contributed by atoms with Crippen LogP contribution in [-0.4, -0.2) is 28.3 Å². The number of aromatic nitrogens is 1. The van der Waals surface area contributed by atoms with Crippen molar-refractivity contribution >= 4 is 5.97 Å². The van der Waals surface area contributed by atoms with E-state index in [-0.39, 0.29) is 31.2 Å². The molecule has 1 N–H and O–H groups in total. The van der Waals surface area contributed by atoms with Gasteiger partial charge in [-0.15, -0.1) is 0 Å². The number of carbonyl (C=O) groups is 1. The minimum atomic E-state index is -0.943. The van der Waals surface area contributed by atoms with Crippen molar-refractivity contribution in [1.82, 2.24) is 4.98 Å². The van der Waals surface area contributed by atoms with E-state index < -0.39 is 5.97 Å². The molecule has 32 heavy (non-hydrogen) atoms. The van der Waals surface area contributed by atoms with Crippen LogP contribution in [0, 0.1) is 12.7 Å². The molecule has 2 atom stereocenters. The van der Waals surface area contributed by atoms with Crippen LogP contribution in [-0.2, 0) is 22.7 Å². The van der Waals surface area contributed by atoms with Crippen LogP contribution < -0.4 is 0 Å². The molecule has 4 rings (SSSR count). The number of aryl methyl sites for hydroxylation is 1. The Balaban J connectivity index is 1.37. The maximum absolute atomic E-state index is 13.1. The number of nitrogens with zero attached hydrogens (tertiary/aromatic N) is 1. The predicted molar refractivity (Wildman–Crippen MR) is 116 cm³/mol. The van der Waals surface area contributed by atoms with Crippen molar-refractivity contribution in [2.24, 2.45) is 0 Å². The summed E-state index contributed by atoms with van der Waals surface area (Å²) in [6.45, 7) is 2.30. The summed E-state index contributed by atoms with van der Waals surface area (Å²) in [5, 5.41) is 9.53. The molecular weight excluding hydrogens is 413 g/mol. The molecule has 3 aromatic rings. The average molecular weight is 439 g/mol. The first-order valence-corrected chi connectivity index (χ1v) is 10.8. The Bertz CT molecular complexity index is 1060. The highest BCUT2D eigenvalue weighted by Gasteiger charge is 2.27. The molecule has 0 radical (unpaired) electrons. The zero-order valence-electron chi connectivity index (χ0n) is 17.9. The largest absolute Gasteiger partial charge is 0.478 e. The number of aromatic carboxylic acids is 1. The van der Waals surface area contributed by atoms with E-state index in [0.29, 0.717) is 28.3 Å². The molecule has 0 saturated heterocycles. The van der Waals surface area contributed by atoms with Crippen LogP contribution >= 0.6 is 0 Å². The van der Waals surface area contributed by atoms with Gasteiger partial charge in [0.2, 0.25) is 5.89 Å². The maximum atomic E-state index is 13.1. The Kier molecular flexibility index (Phi) is 6.97. The topological polar surface area (TPSA) is 81.8 Å². The number of ether oxygens (including phenoxy) is 2. The monoisotopic (exact) mass is 439 g/mol. The Labute approximate surface area is 186 Å². The molecule has 1 aliphatic rings. The van der Waals surface area contributed by atoms with Gasteiger partial charge in [0.25, 0.3) is 0 Å². The Hall–Kier alpha value is -3.03. The number of rotatable bonds is 8. The molecule has 1 fully saturated rings. The van der Waals surface area contributed by atoms with Gasteiger partial charge < -0.3 is 19.0 Å². The lowest BCUT2D eigenvalue weighted by Gasteiger charge is -2.31. The first-order valence-electron chi connectivity index (χ1n) is 10.8. The predicted octanol–water partition coefficient (Wildman–Crippen LogP) is 5.53. The SMILES string of the molecule is Cc1cccc(COC2CCCCC2OCc2coc(-c3ccc(F)cc3)n2)c1C(=O)O. The first kappa shape index (κ1) is 22.2. The fourth-order valence-electron chi connectivity index (χ4n) is 4.09. The summed E-state index contributed by atoms with van der Waals surface area (Å²) in [4.78, 5) is 16.1. The number of hydrogen-bond donors (Lipinski definition) is 1. The minimum Gasteiger partial charge on any atom is -0.478 e. The van der Waals surface area contributed by atoms with E-state index in [9.17, 15) is 14.3 Å². The van der Waals surface area contributed by atoms with Gasteiger partial charge in [-0.25, -0.2) is 14.2 Å². The van der Waals surface area contributed by atoms with E-state index in [2.05, 4.69) is 4.98 Å². The minimum absolute atomic E-state index is 0.104. The van der Waals surface area contributed by atoms with Crippen LogP contribution in [0.4, 0.5) is 4.39 Å². The standard InChI is InChI=1S/C25H26FNO5/c1-16-5-4-6-18(23(16)25(28)29)13-30-21-7-2-3-8-22(21)31-14-20-15-32-24(27-20)17-9-11-19(26)12-10-17/h4-6,9-12,15,21-22H,2-3,7-8,13-14H2,1H3,(H,28,29). The smallest absolute Gasteiger partial charge is 0.336 e. The molecule has 168 valence electrons. The van der Waals surface area contributed by atoms with E-state index in [1.165, 1.54) is 12.1 Å². The second-order valence-electron chi connectivity index (χ2n) is 8.05. The summed E-state index contributed by atoms with van der Waals surface area (Å²) >= 11 is 0. The summed E-state index contributed by atoms with van der Waals surface area (Å²) in [6, 6.07) is 11.4. The van der Waals surface area contributed by atoms with Crippen molar-refractivity contribution in [2.75, 3.05) is 0 Å². The molecule has 0 amide bonds. The molecule has 1 aromatic heterocycles.